The Hall–Kier alpha value is -1.46. The fraction of sp³-hybridized carbons (Fsp3) is 0.250. The first-order valence-electron chi connectivity index (χ1n) is 6.48. The molecule has 1 nitrogen and oxygen atoms in total. The maximum absolute atomic E-state index is 12.7. The first-order valence-corrected chi connectivity index (χ1v) is 7.47. The molecule has 5 heteroatoms. The predicted octanol–water partition coefficient (Wildman–Crippen LogP) is 4.81. The van der Waals surface area contributed by atoms with Crippen LogP contribution in [0.3, 0.4) is 0 Å². The summed E-state index contributed by atoms with van der Waals surface area (Å²) in [7, 11) is 0. The zero-order valence-electron chi connectivity index (χ0n) is 11.5. The van der Waals surface area contributed by atoms with Crippen molar-refractivity contribution in [2.75, 3.05) is 5.75 Å². The van der Waals surface area contributed by atoms with Crippen LogP contribution < -0.4 is 5.73 Å². The molecule has 0 aromatic heterocycles. The van der Waals surface area contributed by atoms with Gasteiger partial charge in [-0.25, -0.2) is 0 Å². The second-order valence-electron chi connectivity index (χ2n) is 4.86. The molecule has 0 heterocycles. The molecule has 0 saturated carbocycles. The van der Waals surface area contributed by atoms with E-state index in [4.69, 9.17) is 5.73 Å². The van der Waals surface area contributed by atoms with Crippen molar-refractivity contribution in [1.82, 2.24) is 0 Å². The largest absolute Gasteiger partial charge is 0.416 e. The van der Waals surface area contributed by atoms with E-state index < -0.39 is 17.8 Å². The molecule has 0 fully saturated rings. The van der Waals surface area contributed by atoms with E-state index >= 15 is 0 Å². The van der Waals surface area contributed by atoms with Gasteiger partial charge in [-0.05, 0) is 36.8 Å². The van der Waals surface area contributed by atoms with E-state index in [1.54, 1.807) is 17.8 Å². The molecule has 112 valence electrons. The maximum Gasteiger partial charge on any atom is 0.416 e. The van der Waals surface area contributed by atoms with E-state index in [9.17, 15) is 13.2 Å². The third kappa shape index (κ3) is 4.51. The normalized spacial score (nSPS) is 13.2. The molecule has 1 unspecified atom stereocenters. The van der Waals surface area contributed by atoms with Crippen LogP contribution in [0.1, 0.15) is 22.7 Å². The first-order chi connectivity index (χ1) is 9.86. The van der Waals surface area contributed by atoms with Crippen LogP contribution >= 0.6 is 11.8 Å². The van der Waals surface area contributed by atoms with Gasteiger partial charge in [-0.15, -0.1) is 11.8 Å². The van der Waals surface area contributed by atoms with Gasteiger partial charge in [0.25, 0.3) is 0 Å². The second-order valence-corrected chi connectivity index (χ2v) is 5.95. The zero-order chi connectivity index (χ0) is 15.5. The molecule has 0 spiro atoms. The average molecular weight is 311 g/mol. The van der Waals surface area contributed by atoms with Gasteiger partial charge < -0.3 is 5.73 Å². The lowest BCUT2D eigenvalue weighted by Crippen LogP contribution is -2.14. The van der Waals surface area contributed by atoms with E-state index in [0.717, 1.165) is 22.6 Å². The summed E-state index contributed by atoms with van der Waals surface area (Å²) in [6.07, 6.45) is -4.33. The Morgan fingerprint density at radius 2 is 1.81 bits per heavy atom. The smallest absolute Gasteiger partial charge is 0.323 e. The van der Waals surface area contributed by atoms with E-state index in [-0.39, 0.29) is 0 Å². The predicted molar refractivity (Wildman–Crippen MR) is 80.3 cm³/mol. The Morgan fingerprint density at radius 1 is 1.10 bits per heavy atom. The Bertz CT molecular complexity index is 610. The van der Waals surface area contributed by atoms with Gasteiger partial charge in [-0.1, -0.05) is 29.8 Å². The van der Waals surface area contributed by atoms with Crippen molar-refractivity contribution in [2.24, 2.45) is 5.73 Å². The molecule has 2 aromatic carbocycles. The Labute approximate surface area is 126 Å². The van der Waals surface area contributed by atoms with Gasteiger partial charge in [0, 0.05) is 16.7 Å². The molecule has 1 atom stereocenters. The minimum absolute atomic E-state index is 0.433. The Balaban J connectivity index is 2.05. The lowest BCUT2D eigenvalue weighted by molar-refractivity contribution is -0.137. The number of rotatable bonds is 4. The van der Waals surface area contributed by atoms with Crippen LogP contribution in [0.15, 0.2) is 53.4 Å². The molecule has 0 bridgehead atoms. The summed E-state index contributed by atoms with van der Waals surface area (Å²) < 4.78 is 38.0. The quantitative estimate of drug-likeness (QED) is 0.820. The summed E-state index contributed by atoms with van der Waals surface area (Å²) in [4.78, 5) is 1.07. The van der Waals surface area contributed by atoms with Crippen LogP contribution in [0.25, 0.3) is 0 Å². The van der Waals surface area contributed by atoms with Gasteiger partial charge in [-0.2, -0.15) is 13.2 Å². The first kappa shape index (κ1) is 15.9. The van der Waals surface area contributed by atoms with Crippen molar-refractivity contribution in [2.45, 2.75) is 24.0 Å². The summed E-state index contributed by atoms with van der Waals surface area (Å²) in [5.41, 5.74) is 7.00. The van der Waals surface area contributed by atoms with Gasteiger partial charge in [-0.3, -0.25) is 0 Å². The molecule has 0 aliphatic heterocycles. The highest BCUT2D eigenvalue weighted by molar-refractivity contribution is 7.99. The number of benzene rings is 2. The third-order valence-electron chi connectivity index (χ3n) is 3.06. The Morgan fingerprint density at radius 3 is 2.48 bits per heavy atom. The maximum atomic E-state index is 12.7. The van der Waals surface area contributed by atoms with Crippen molar-refractivity contribution < 1.29 is 13.2 Å². The van der Waals surface area contributed by atoms with Gasteiger partial charge in [0.1, 0.15) is 0 Å². The van der Waals surface area contributed by atoms with Crippen molar-refractivity contribution in [3.05, 3.63) is 65.2 Å². The minimum Gasteiger partial charge on any atom is -0.323 e. The highest BCUT2D eigenvalue weighted by atomic mass is 32.2. The van der Waals surface area contributed by atoms with Crippen LogP contribution in [0.5, 0.6) is 0 Å². The van der Waals surface area contributed by atoms with E-state index in [2.05, 4.69) is 0 Å². The molecule has 0 saturated heterocycles. The van der Waals surface area contributed by atoms with Crippen molar-refractivity contribution in [3.63, 3.8) is 0 Å². The molecule has 0 radical (unpaired) electrons. The highest BCUT2D eigenvalue weighted by Gasteiger charge is 2.30. The second kappa shape index (κ2) is 6.54. The monoisotopic (exact) mass is 311 g/mol. The number of thioether (sulfide) groups is 1. The third-order valence-corrected chi connectivity index (χ3v) is 4.17. The van der Waals surface area contributed by atoms with Crippen LogP contribution in [0, 0.1) is 6.92 Å². The topological polar surface area (TPSA) is 26.0 Å². The number of alkyl halides is 3. The number of nitrogens with two attached hydrogens (primary N) is 1. The standard InChI is InChI=1S/C16H16F3NS/c1-11-4-2-7-14(8-11)21-10-15(20)12-5-3-6-13(9-12)16(17,18)19/h2-9,15H,10,20H2,1H3. The van der Waals surface area contributed by atoms with Crippen LogP contribution in [0.4, 0.5) is 13.2 Å². The number of aryl methyl sites for hydroxylation is 1. The summed E-state index contributed by atoms with van der Waals surface area (Å²) in [5.74, 6) is 0.533. The van der Waals surface area contributed by atoms with Crippen molar-refractivity contribution in [1.29, 1.82) is 0 Å². The van der Waals surface area contributed by atoms with Crippen LogP contribution in [-0.2, 0) is 6.18 Å². The molecule has 0 aliphatic rings. The molecule has 21 heavy (non-hydrogen) atoms. The molecule has 0 amide bonds. The number of hydrogen-bond acceptors (Lipinski definition) is 2. The average Bonchev–Trinajstić information content (AvgIpc) is 2.44. The lowest BCUT2D eigenvalue weighted by atomic mass is 10.1. The number of hydrogen-bond donors (Lipinski definition) is 1. The van der Waals surface area contributed by atoms with Crippen LogP contribution in [-0.4, -0.2) is 5.75 Å². The lowest BCUT2D eigenvalue weighted by Gasteiger charge is -2.14. The molecule has 2 aromatic rings. The fourth-order valence-electron chi connectivity index (χ4n) is 1.93. The zero-order valence-corrected chi connectivity index (χ0v) is 12.3. The SMILES string of the molecule is Cc1cccc(SCC(N)c2cccc(C(F)(F)F)c2)c1. The van der Waals surface area contributed by atoms with Gasteiger partial charge in [0.2, 0.25) is 0 Å². The summed E-state index contributed by atoms with van der Waals surface area (Å²) in [5, 5.41) is 0. The molecular weight excluding hydrogens is 295 g/mol. The molecule has 2 N–H and O–H groups in total. The highest BCUT2D eigenvalue weighted by Crippen LogP contribution is 2.31. The molecule has 0 aliphatic carbocycles. The van der Waals surface area contributed by atoms with E-state index in [0.29, 0.717) is 11.3 Å². The van der Waals surface area contributed by atoms with Gasteiger partial charge in [0.05, 0.1) is 5.56 Å². The summed E-state index contributed by atoms with van der Waals surface area (Å²) in [6, 6.07) is 12.7. The van der Waals surface area contributed by atoms with Gasteiger partial charge >= 0.3 is 6.18 Å². The van der Waals surface area contributed by atoms with Crippen molar-refractivity contribution in [3.8, 4) is 0 Å². The summed E-state index contributed by atoms with van der Waals surface area (Å²) >= 11 is 1.54. The molecular formula is C16H16F3NS. The fourth-order valence-corrected chi connectivity index (χ4v) is 2.94. The number of halogens is 3. The minimum atomic E-state index is -4.33. The summed E-state index contributed by atoms with van der Waals surface area (Å²) in [6.45, 7) is 2.00. The van der Waals surface area contributed by atoms with Gasteiger partial charge in [0.15, 0.2) is 0 Å². The molecule has 2 rings (SSSR count). The Kier molecular flexibility index (Phi) is 4.96. The van der Waals surface area contributed by atoms with E-state index in [1.807, 2.05) is 31.2 Å². The van der Waals surface area contributed by atoms with Crippen LogP contribution in [0.2, 0.25) is 0 Å². The van der Waals surface area contributed by atoms with E-state index in [1.165, 1.54) is 6.07 Å². The van der Waals surface area contributed by atoms with Crippen molar-refractivity contribution >= 4 is 11.8 Å².